The summed E-state index contributed by atoms with van der Waals surface area (Å²) in [5, 5.41) is 11.6. The molecule has 0 atom stereocenters. The fourth-order valence-corrected chi connectivity index (χ4v) is 4.29. The van der Waals surface area contributed by atoms with E-state index in [1.165, 1.54) is 22.5 Å². The number of sulfonamides is 1. The van der Waals surface area contributed by atoms with Gasteiger partial charge in [-0.15, -0.1) is 0 Å². The van der Waals surface area contributed by atoms with Crippen LogP contribution in [0.1, 0.15) is 11.1 Å². The van der Waals surface area contributed by atoms with E-state index in [4.69, 9.17) is 11.6 Å². The minimum absolute atomic E-state index is 0.0608. The summed E-state index contributed by atoms with van der Waals surface area (Å²) in [6.45, 7) is 1.97. The van der Waals surface area contributed by atoms with Gasteiger partial charge in [0.05, 0.1) is 22.1 Å². The Balaban J connectivity index is 2.08. The highest BCUT2D eigenvalue weighted by Gasteiger charge is 2.26. The molecule has 0 fully saturated rings. The van der Waals surface area contributed by atoms with Crippen LogP contribution in [0.2, 0.25) is 5.02 Å². The molecule has 0 saturated heterocycles. The van der Waals surface area contributed by atoms with Crippen molar-refractivity contribution >= 4 is 33.0 Å². The predicted molar refractivity (Wildman–Crippen MR) is 109 cm³/mol. The highest BCUT2D eigenvalue weighted by Crippen LogP contribution is 2.28. The first-order valence-electron chi connectivity index (χ1n) is 8.36. The van der Waals surface area contributed by atoms with Gasteiger partial charge in [-0.05, 0) is 42.8 Å². The van der Waals surface area contributed by atoms with Crippen LogP contribution in [0.25, 0.3) is 0 Å². The van der Waals surface area contributed by atoms with Crippen LogP contribution >= 0.6 is 11.6 Å². The number of anilines is 1. The van der Waals surface area contributed by atoms with Gasteiger partial charge in [-0.2, -0.15) is 0 Å². The second-order valence-corrected chi connectivity index (χ2v) is 8.53. The lowest BCUT2D eigenvalue weighted by atomic mass is 10.2. The van der Waals surface area contributed by atoms with Gasteiger partial charge in [0.25, 0.3) is 15.7 Å². The van der Waals surface area contributed by atoms with E-state index in [0.29, 0.717) is 10.7 Å². The molecule has 8 heteroatoms. The summed E-state index contributed by atoms with van der Waals surface area (Å²) in [6.07, 6.45) is 0. The van der Waals surface area contributed by atoms with Crippen molar-refractivity contribution in [3.05, 3.63) is 99.1 Å². The molecule has 0 saturated carbocycles. The lowest BCUT2D eigenvalue weighted by Crippen LogP contribution is -2.30. The molecule has 0 heterocycles. The molecule has 28 heavy (non-hydrogen) atoms. The standard InChI is InChI=1S/C20H17ClN2O4S/c1-15-5-11-18(12-6-15)22(14-16-7-9-17(21)10-8-16)28(26,27)20-4-2-3-19(13-20)23(24)25/h2-13H,14H2,1H3. The van der Waals surface area contributed by atoms with E-state index in [0.717, 1.165) is 17.2 Å². The van der Waals surface area contributed by atoms with Crippen LogP contribution in [-0.2, 0) is 16.6 Å². The van der Waals surface area contributed by atoms with Gasteiger partial charge < -0.3 is 0 Å². The minimum atomic E-state index is -4.04. The molecule has 3 rings (SSSR count). The van der Waals surface area contributed by atoms with E-state index in [-0.39, 0.29) is 17.1 Å². The third-order valence-corrected chi connectivity index (χ3v) is 6.20. The van der Waals surface area contributed by atoms with Crippen molar-refractivity contribution in [3.63, 3.8) is 0 Å². The summed E-state index contributed by atoms with van der Waals surface area (Å²) in [7, 11) is -4.04. The van der Waals surface area contributed by atoms with Gasteiger partial charge in [0, 0.05) is 17.2 Å². The van der Waals surface area contributed by atoms with Gasteiger partial charge in [-0.3, -0.25) is 14.4 Å². The van der Waals surface area contributed by atoms with E-state index < -0.39 is 14.9 Å². The molecule has 144 valence electrons. The van der Waals surface area contributed by atoms with E-state index >= 15 is 0 Å². The number of rotatable bonds is 6. The lowest BCUT2D eigenvalue weighted by molar-refractivity contribution is -0.385. The lowest BCUT2D eigenvalue weighted by Gasteiger charge is -2.25. The van der Waals surface area contributed by atoms with Gasteiger partial charge in [0.2, 0.25) is 0 Å². The van der Waals surface area contributed by atoms with Crippen LogP contribution in [-0.4, -0.2) is 13.3 Å². The first kappa shape index (κ1) is 19.9. The maximum Gasteiger partial charge on any atom is 0.270 e. The van der Waals surface area contributed by atoms with Crippen LogP contribution in [0, 0.1) is 17.0 Å². The average molecular weight is 417 g/mol. The van der Waals surface area contributed by atoms with E-state index in [2.05, 4.69) is 0 Å². The molecule has 0 aliphatic heterocycles. The maximum absolute atomic E-state index is 13.3. The maximum atomic E-state index is 13.3. The van der Waals surface area contributed by atoms with Gasteiger partial charge >= 0.3 is 0 Å². The molecule has 0 radical (unpaired) electrons. The Bertz CT molecular complexity index is 1100. The average Bonchev–Trinajstić information content (AvgIpc) is 2.68. The van der Waals surface area contributed by atoms with E-state index in [1.54, 1.807) is 36.4 Å². The van der Waals surface area contributed by atoms with Crippen molar-refractivity contribution in [3.8, 4) is 0 Å². The Labute approximate surface area is 168 Å². The smallest absolute Gasteiger partial charge is 0.262 e. The Morgan fingerprint density at radius 3 is 2.25 bits per heavy atom. The Morgan fingerprint density at radius 2 is 1.64 bits per heavy atom. The van der Waals surface area contributed by atoms with E-state index in [1.807, 2.05) is 19.1 Å². The van der Waals surface area contributed by atoms with Gasteiger partial charge in [-0.25, -0.2) is 8.42 Å². The van der Waals surface area contributed by atoms with Crippen LogP contribution in [0.15, 0.2) is 77.7 Å². The number of nitro groups is 1. The summed E-state index contributed by atoms with van der Waals surface area (Å²) in [4.78, 5) is 10.3. The molecular weight excluding hydrogens is 400 g/mol. The van der Waals surface area contributed by atoms with Crippen molar-refractivity contribution in [1.82, 2.24) is 0 Å². The van der Waals surface area contributed by atoms with Crippen LogP contribution in [0.4, 0.5) is 11.4 Å². The summed E-state index contributed by atoms with van der Waals surface area (Å²) in [6, 6.07) is 18.9. The quantitative estimate of drug-likeness (QED) is 0.420. The predicted octanol–water partition coefficient (Wildman–Crippen LogP) is 4.95. The third kappa shape index (κ3) is 4.32. The van der Waals surface area contributed by atoms with E-state index in [9.17, 15) is 18.5 Å². The third-order valence-electron chi connectivity index (χ3n) is 4.18. The largest absolute Gasteiger partial charge is 0.270 e. The summed E-state index contributed by atoms with van der Waals surface area (Å²) < 4.78 is 27.9. The van der Waals surface area contributed by atoms with Gasteiger partial charge in [-0.1, -0.05) is 47.5 Å². The Hall–Kier alpha value is -2.90. The molecule has 3 aromatic carbocycles. The fraction of sp³-hybridized carbons (Fsp3) is 0.100. The van der Waals surface area contributed by atoms with Crippen molar-refractivity contribution in [2.24, 2.45) is 0 Å². The topological polar surface area (TPSA) is 80.5 Å². The normalized spacial score (nSPS) is 11.2. The second-order valence-electron chi connectivity index (χ2n) is 6.23. The van der Waals surface area contributed by atoms with Crippen molar-refractivity contribution in [2.45, 2.75) is 18.4 Å². The molecule has 0 aliphatic rings. The highest BCUT2D eigenvalue weighted by molar-refractivity contribution is 7.92. The summed E-state index contributed by atoms with van der Waals surface area (Å²) in [5.41, 5.74) is 1.91. The molecule has 0 unspecified atom stereocenters. The molecule has 3 aromatic rings. The number of non-ortho nitro benzene ring substituents is 1. The Morgan fingerprint density at radius 1 is 1.00 bits per heavy atom. The molecule has 0 aliphatic carbocycles. The zero-order valence-electron chi connectivity index (χ0n) is 14.9. The molecule has 0 amide bonds. The monoisotopic (exact) mass is 416 g/mol. The molecule has 0 bridgehead atoms. The molecule has 6 nitrogen and oxygen atoms in total. The number of halogens is 1. The number of nitro benzene ring substituents is 1. The zero-order valence-corrected chi connectivity index (χ0v) is 16.5. The Kier molecular flexibility index (Phi) is 5.67. The molecule has 0 aromatic heterocycles. The SMILES string of the molecule is Cc1ccc(N(Cc2ccc(Cl)cc2)S(=O)(=O)c2cccc([N+](=O)[O-])c2)cc1. The second kappa shape index (κ2) is 8.00. The molecule has 0 spiro atoms. The van der Waals surface area contributed by atoms with Crippen LogP contribution < -0.4 is 4.31 Å². The molecular formula is C20H17ClN2O4S. The zero-order chi connectivity index (χ0) is 20.3. The van der Waals surface area contributed by atoms with Crippen LogP contribution in [0.3, 0.4) is 0 Å². The van der Waals surface area contributed by atoms with Crippen molar-refractivity contribution in [2.75, 3.05) is 4.31 Å². The summed E-state index contributed by atoms with van der Waals surface area (Å²) >= 11 is 5.92. The van der Waals surface area contributed by atoms with Crippen molar-refractivity contribution < 1.29 is 13.3 Å². The number of hydrogen-bond acceptors (Lipinski definition) is 4. The number of nitrogens with zero attached hydrogens (tertiary/aromatic N) is 2. The molecule has 0 N–H and O–H groups in total. The van der Waals surface area contributed by atoms with Gasteiger partial charge in [0.1, 0.15) is 0 Å². The summed E-state index contributed by atoms with van der Waals surface area (Å²) in [5.74, 6) is 0. The highest BCUT2D eigenvalue weighted by atomic mass is 35.5. The number of hydrogen-bond donors (Lipinski definition) is 0. The van der Waals surface area contributed by atoms with Gasteiger partial charge in [0.15, 0.2) is 0 Å². The number of aryl methyl sites for hydroxylation is 1. The fourth-order valence-electron chi connectivity index (χ4n) is 2.67. The van der Waals surface area contributed by atoms with Crippen molar-refractivity contribution in [1.29, 1.82) is 0 Å². The first-order chi connectivity index (χ1) is 13.3. The number of benzene rings is 3. The van der Waals surface area contributed by atoms with Crippen LogP contribution in [0.5, 0.6) is 0 Å². The first-order valence-corrected chi connectivity index (χ1v) is 10.2. The minimum Gasteiger partial charge on any atom is -0.262 e.